The second kappa shape index (κ2) is 9.12. The van der Waals surface area contributed by atoms with E-state index in [9.17, 15) is 14.4 Å². The maximum Gasteiger partial charge on any atom is 0.407 e. The Labute approximate surface area is 198 Å². The number of alkyl carbamates (subject to hydrolysis) is 1. The van der Waals surface area contributed by atoms with Crippen molar-refractivity contribution in [3.8, 4) is 11.1 Å². The third kappa shape index (κ3) is 4.39. The van der Waals surface area contributed by atoms with Gasteiger partial charge in [-0.05, 0) is 59.8 Å². The SMILES string of the molecule is O=C(O)CCC(NC(=O)OCC1c2ccccc2-c2ccccc21)C(=O)NC1CC2(CCC2)C1. The summed E-state index contributed by atoms with van der Waals surface area (Å²) in [5, 5.41) is 14.7. The van der Waals surface area contributed by atoms with Crippen LogP contribution in [0.25, 0.3) is 11.1 Å². The van der Waals surface area contributed by atoms with Gasteiger partial charge in [-0.1, -0.05) is 55.0 Å². The van der Waals surface area contributed by atoms with E-state index >= 15 is 0 Å². The molecule has 3 aliphatic rings. The van der Waals surface area contributed by atoms with Crippen LogP contribution in [-0.2, 0) is 14.3 Å². The lowest BCUT2D eigenvalue weighted by atomic mass is 9.54. The number of carboxylic acid groups (broad SMARTS) is 1. The lowest BCUT2D eigenvalue weighted by Crippen LogP contribution is -2.57. The summed E-state index contributed by atoms with van der Waals surface area (Å²) < 4.78 is 5.55. The minimum Gasteiger partial charge on any atom is -0.481 e. The van der Waals surface area contributed by atoms with Crippen molar-refractivity contribution in [2.45, 2.75) is 62.9 Å². The predicted octanol–water partition coefficient (Wildman–Crippen LogP) is 4.21. The van der Waals surface area contributed by atoms with Gasteiger partial charge in [0.1, 0.15) is 12.6 Å². The Morgan fingerprint density at radius 2 is 1.62 bits per heavy atom. The molecule has 1 spiro atoms. The van der Waals surface area contributed by atoms with E-state index in [0.29, 0.717) is 5.41 Å². The summed E-state index contributed by atoms with van der Waals surface area (Å²) in [7, 11) is 0. The van der Waals surface area contributed by atoms with Gasteiger partial charge in [-0.2, -0.15) is 0 Å². The molecule has 178 valence electrons. The van der Waals surface area contributed by atoms with E-state index < -0.39 is 18.1 Å². The van der Waals surface area contributed by atoms with E-state index in [1.807, 2.05) is 36.4 Å². The van der Waals surface area contributed by atoms with Crippen LogP contribution >= 0.6 is 0 Å². The molecule has 0 saturated heterocycles. The van der Waals surface area contributed by atoms with Gasteiger partial charge in [0.25, 0.3) is 0 Å². The highest BCUT2D eigenvalue weighted by Gasteiger charge is 2.48. The van der Waals surface area contributed by atoms with Crippen molar-refractivity contribution >= 4 is 18.0 Å². The molecule has 1 unspecified atom stereocenters. The van der Waals surface area contributed by atoms with Gasteiger partial charge in [-0.3, -0.25) is 9.59 Å². The molecule has 0 aromatic heterocycles. The van der Waals surface area contributed by atoms with E-state index in [1.54, 1.807) is 0 Å². The fraction of sp³-hybridized carbons (Fsp3) is 0.444. The van der Waals surface area contributed by atoms with Crippen molar-refractivity contribution in [3.05, 3.63) is 59.7 Å². The quantitative estimate of drug-likeness (QED) is 0.545. The summed E-state index contributed by atoms with van der Waals surface area (Å²) in [6.45, 7) is 0.137. The standard InChI is InChI=1S/C27H30N2O5/c30-24(31)11-10-23(25(32)28-17-14-27(15-17)12-5-13-27)29-26(33)34-16-22-20-8-3-1-6-18(20)19-7-2-4-9-21(19)22/h1-4,6-9,17,22-23H,5,10-16H2,(H,28,32)(H,29,33)(H,30,31). The number of ether oxygens (including phenoxy) is 1. The average molecular weight is 463 g/mol. The van der Waals surface area contributed by atoms with Crippen LogP contribution < -0.4 is 10.6 Å². The summed E-state index contributed by atoms with van der Waals surface area (Å²) >= 11 is 0. The topological polar surface area (TPSA) is 105 Å². The number of hydrogen-bond acceptors (Lipinski definition) is 4. The van der Waals surface area contributed by atoms with Crippen molar-refractivity contribution in [1.29, 1.82) is 0 Å². The molecule has 5 rings (SSSR count). The average Bonchev–Trinajstić information content (AvgIpc) is 3.09. The van der Waals surface area contributed by atoms with Crippen molar-refractivity contribution in [3.63, 3.8) is 0 Å². The number of amides is 2. The Balaban J connectivity index is 1.20. The van der Waals surface area contributed by atoms with E-state index in [4.69, 9.17) is 9.84 Å². The number of carboxylic acids is 1. The van der Waals surface area contributed by atoms with E-state index in [2.05, 4.69) is 22.8 Å². The van der Waals surface area contributed by atoms with Crippen molar-refractivity contribution in [2.24, 2.45) is 5.41 Å². The van der Waals surface area contributed by atoms with Crippen LogP contribution in [0.1, 0.15) is 62.0 Å². The first-order chi connectivity index (χ1) is 16.4. The maximum absolute atomic E-state index is 12.8. The van der Waals surface area contributed by atoms with Crippen molar-refractivity contribution in [2.75, 3.05) is 6.61 Å². The predicted molar refractivity (Wildman–Crippen MR) is 126 cm³/mol. The van der Waals surface area contributed by atoms with E-state index in [1.165, 1.54) is 19.3 Å². The zero-order valence-electron chi connectivity index (χ0n) is 19.1. The molecule has 2 aromatic rings. The fourth-order valence-electron chi connectivity index (χ4n) is 5.79. The Morgan fingerprint density at radius 3 is 2.18 bits per heavy atom. The van der Waals surface area contributed by atoms with Gasteiger partial charge in [0.15, 0.2) is 0 Å². The summed E-state index contributed by atoms with van der Waals surface area (Å²) in [6, 6.07) is 15.3. The number of hydrogen-bond donors (Lipinski definition) is 3. The second-order valence-electron chi connectivity index (χ2n) is 9.92. The number of carbonyl (C=O) groups excluding carboxylic acids is 2. The van der Waals surface area contributed by atoms with Crippen LogP contribution in [0.2, 0.25) is 0 Å². The molecule has 0 bridgehead atoms. The lowest BCUT2D eigenvalue weighted by molar-refractivity contribution is -0.137. The first kappa shape index (κ1) is 22.4. The number of fused-ring (bicyclic) bond motifs is 3. The van der Waals surface area contributed by atoms with Crippen LogP contribution in [0, 0.1) is 5.41 Å². The number of benzene rings is 2. The van der Waals surface area contributed by atoms with Gasteiger partial charge in [0, 0.05) is 18.4 Å². The Morgan fingerprint density at radius 1 is 1.00 bits per heavy atom. The smallest absolute Gasteiger partial charge is 0.407 e. The zero-order valence-corrected chi connectivity index (χ0v) is 19.1. The Kier molecular flexibility index (Phi) is 6.02. The van der Waals surface area contributed by atoms with Crippen molar-refractivity contribution in [1.82, 2.24) is 10.6 Å². The minimum atomic E-state index is -1.01. The van der Waals surface area contributed by atoms with Gasteiger partial charge in [-0.25, -0.2) is 4.79 Å². The van der Waals surface area contributed by atoms with Gasteiger partial charge in [-0.15, -0.1) is 0 Å². The number of rotatable bonds is 8. The molecule has 1 atom stereocenters. The first-order valence-corrected chi connectivity index (χ1v) is 12.1. The number of aliphatic carboxylic acids is 1. The summed E-state index contributed by atoms with van der Waals surface area (Å²) in [4.78, 5) is 36.6. The Bertz CT molecular complexity index is 1060. The Hall–Kier alpha value is -3.35. The number of carbonyl (C=O) groups is 3. The minimum absolute atomic E-state index is 0.0171. The molecule has 34 heavy (non-hydrogen) atoms. The van der Waals surface area contributed by atoms with Crippen LogP contribution in [0.15, 0.2) is 48.5 Å². The number of nitrogens with one attached hydrogen (secondary N) is 2. The second-order valence-corrected chi connectivity index (χ2v) is 9.92. The highest BCUT2D eigenvalue weighted by Crippen LogP contribution is 2.55. The molecule has 3 aliphatic carbocycles. The van der Waals surface area contributed by atoms with Gasteiger partial charge in [0.05, 0.1) is 0 Å². The molecule has 0 aliphatic heterocycles. The highest BCUT2D eigenvalue weighted by atomic mass is 16.5. The molecule has 3 N–H and O–H groups in total. The molecular formula is C27H30N2O5. The van der Waals surface area contributed by atoms with Gasteiger partial charge in [0.2, 0.25) is 5.91 Å². The van der Waals surface area contributed by atoms with Crippen LogP contribution in [-0.4, -0.2) is 41.8 Å². The lowest BCUT2D eigenvalue weighted by Gasteiger charge is -2.54. The molecule has 0 radical (unpaired) electrons. The van der Waals surface area contributed by atoms with Crippen LogP contribution in [0.4, 0.5) is 4.79 Å². The largest absolute Gasteiger partial charge is 0.481 e. The summed E-state index contributed by atoms with van der Waals surface area (Å²) in [6.07, 6.45) is 4.73. The van der Waals surface area contributed by atoms with Crippen LogP contribution in [0.3, 0.4) is 0 Å². The van der Waals surface area contributed by atoms with Gasteiger partial charge >= 0.3 is 12.1 Å². The summed E-state index contributed by atoms with van der Waals surface area (Å²) in [5.41, 5.74) is 4.89. The molecule has 2 amide bonds. The molecule has 2 saturated carbocycles. The molecule has 7 heteroatoms. The summed E-state index contributed by atoms with van der Waals surface area (Å²) in [5.74, 6) is -1.43. The van der Waals surface area contributed by atoms with Gasteiger partial charge < -0.3 is 20.5 Å². The van der Waals surface area contributed by atoms with Crippen molar-refractivity contribution < 1.29 is 24.2 Å². The molecule has 7 nitrogen and oxygen atoms in total. The first-order valence-electron chi connectivity index (χ1n) is 12.1. The highest BCUT2D eigenvalue weighted by molar-refractivity contribution is 5.86. The third-order valence-electron chi connectivity index (χ3n) is 7.72. The third-order valence-corrected chi connectivity index (χ3v) is 7.72. The van der Waals surface area contributed by atoms with E-state index in [-0.39, 0.29) is 37.3 Å². The normalized spacial score (nSPS) is 18.7. The maximum atomic E-state index is 12.8. The molecule has 2 fully saturated rings. The van der Waals surface area contributed by atoms with E-state index in [0.717, 1.165) is 35.1 Å². The fourth-order valence-corrected chi connectivity index (χ4v) is 5.79. The molecule has 0 heterocycles. The molecule has 2 aromatic carbocycles. The van der Waals surface area contributed by atoms with Crippen LogP contribution in [0.5, 0.6) is 0 Å². The zero-order chi connectivity index (χ0) is 23.7. The molecular weight excluding hydrogens is 432 g/mol. The monoisotopic (exact) mass is 462 g/mol.